The van der Waals surface area contributed by atoms with Gasteiger partial charge in [-0.25, -0.2) is 0 Å². The van der Waals surface area contributed by atoms with Gasteiger partial charge < -0.3 is 25.3 Å². The molecule has 0 spiro atoms. The first-order valence-electron chi connectivity index (χ1n) is 5.77. The van der Waals surface area contributed by atoms with Crippen LogP contribution in [-0.2, 0) is 4.65 Å². The lowest BCUT2D eigenvalue weighted by atomic mass is 9.78. The normalized spacial score (nSPS) is 18.3. The average Bonchev–Trinajstić information content (AvgIpc) is 2.68. The predicted molar refractivity (Wildman–Crippen MR) is 62.8 cm³/mol. The second-order valence-electron chi connectivity index (χ2n) is 3.95. The van der Waals surface area contributed by atoms with Gasteiger partial charge in [-0.2, -0.15) is 0 Å². The Morgan fingerprint density at radius 3 is 3.00 bits per heavy atom. The van der Waals surface area contributed by atoms with Gasteiger partial charge in [-0.3, -0.25) is 0 Å². The van der Waals surface area contributed by atoms with Crippen LogP contribution in [0.25, 0.3) is 0 Å². The van der Waals surface area contributed by atoms with Crippen LogP contribution in [0.4, 0.5) is 0 Å². The molecular weight excluding hydrogens is 221 g/mol. The molecule has 1 heterocycles. The minimum Gasteiger partial charge on any atom is -0.494 e. The summed E-state index contributed by atoms with van der Waals surface area (Å²) in [5, 5.41) is 18.5. The molecule has 0 fully saturated rings. The van der Waals surface area contributed by atoms with Gasteiger partial charge in [0.1, 0.15) is 18.4 Å². The van der Waals surface area contributed by atoms with E-state index >= 15 is 0 Å². The largest absolute Gasteiger partial charge is 0.496 e. The van der Waals surface area contributed by atoms with Crippen molar-refractivity contribution in [3.8, 4) is 5.75 Å². The zero-order chi connectivity index (χ0) is 12.3. The summed E-state index contributed by atoms with van der Waals surface area (Å²) < 4.78 is 10.9. The summed E-state index contributed by atoms with van der Waals surface area (Å²) in [7, 11) is -0.943. The summed E-state index contributed by atoms with van der Waals surface area (Å²) >= 11 is 0. The van der Waals surface area contributed by atoms with E-state index in [-0.39, 0.29) is 12.7 Å². The summed E-state index contributed by atoms with van der Waals surface area (Å²) in [5.41, 5.74) is 5.43. The van der Waals surface area contributed by atoms with Crippen LogP contribution < -0.4 is 15.9 Å². The van der Waals surface area contributed by atoms with Gasteiger partial charge in [0.25, 0.3) is 0 Å². The molecule has 1 atom stereocenters. The number of aliphatic hydroxyl groups is 1. The first-order chi connectivity index (χ1) is 8.27. The zero-order valence-corrected chi connectivity index (χ0v) is 9.63. The minimum absolute atomic E-state index is 0.0928. The van der Waals surface area contributed by atoms with Gasteiger partial charge in [0.2, 0.25) is 0 Å². The lowest BCUT2D eigenvalue weighted by molar-refractivity contribution is -0.383. The number of quaternary nitrogens is 1. The monoisotopic (exact) mass is 238 g/mol. The van der Waals surface area contributed by atoms with Crippen LogP contribution >= 0.6 is 0 Å². The maximum atomic E-state index is 9.84. The van der Waals surface area contributed by atoms with E-state index in [1.165, 1.54) is 0 Å². The smallest absolute Gasteiger partial charge is 0.494 e. The van der Waals surface area contributed by atoms with Crippen LogP contribution in [0, 0.1) is 0 Å². The van der Waals surface area contributed by atoms with Gasteiger partial charge >= 0.3 is 7.12 Å². The number of benzene rings is 1. The molecule has 5 N–H and O–H groups in total. The third kappa shape index (κ3) is 2.45. The number of ether oxygens (including phenoxy) is 1. The summed E-state index contributed by atoms with van der Waals surface area (Å²) in [6.07, 6.45) is 0.403. The second-order valence-corrected chi connectivity index (χ2v) is 3.95. The first-order valence-corrected chi connectivity index (χ1v) is 5.77. The van der Waals surface area contributed by atoms with E-state index in [2.05, 4.69) is 5.73 Å². The molecular formula is C11H17BNO4+. The molecule has 92 valence electrons. The number of aliphatic hydroxyl groups excluding tert-OH is 1. The van der Waals surface area contributed by atoms with Crippen molar-refractivity contribution in [3.63, 3.8) is 0 Å². The Balaban J connectivity index is 2.21. The number of rotatable bonds is 5. The Morgan fingerprint density at radius 1 is 1.47 bits per heavy atom. The molecule has 0 bridgehead atoms. The molecule has 0 saturated carbocycles. The van der Waals surface area contributed by atoms with E-state index in [4.69, 9.17) is 14.5 Å². The van der Waals surface area contributed by atoms with Crippen LogP contribution in [0.5, 0.6) is 5.75 Å². The van der Waals surface area contributed by atoms with Gasteiger partial charge in [0.05, 0.1) is 6.61 Å². The fourth-order valence-electron chi connectivity index (χ4n) is 2.00. The summed E-state index contributed by atoms with van der Waals surface area (Å²) in [4.78, 5) is 0. The van der Waals surface area contributed by atoms with E-state index in [0.29, 0.717) is 30.8 Å². The maximum absolute atomic E-state index is 9.84. The van der Waals surface area contributed by atoms with E-state index in [1.807, 2.05) is 12.1 Å². The van der Waals surface area contributed by atoms with Crippen LogP contribution in [-0.4, -0.2) is 37.0 Å². The van der Waals surface area contributed by atoms with Crippen LogP contribution in [0.2, 0.25) is 0 Å². The lowest BCUT2D eigenvalue weighted by Gasteiger charge is -2.10. The molecule has 1 aromatic carbocycles. The van der Waals surface area contributed by atoms with Crippen molar-refractivity contribution in [3.05, 3.63) is 23.8 Å². The molecule has 1 aliphatic heterocycles. The Morgan fingerprint density at radius 2 is 2.29 bits per heavy atom. The summed E-state index contributed by atoms with van der Waals surface area (Å²) in [6, 6.07) is 5.59. The fraction of sp³-hybridized carbons (Fsp3) is 0.455. The molecule has 1 aromatic rings. The standard InChI is InChI=1S/C11H16BNO4/c13-7-10-8-3-1-4-9(16-6-2-5-14)11(8)12(15)17-10/h1,3-4,10,14-15H,2,5-7,13H2/p+1/t10-/m1/s1. The Kier molecular flexibility index (Phi) is 4.01. The molecule has 5 nitrogen and oxygen atoms in total. The topological polar surface area (TPSA) is 86.6 Å². The SMILES string of the molecule is [NH3+]C[C@H]1OB(O)c2c(OCCCO)cccc21. The number of hydrogen-bond donors (Lipinski definition) is 3. The van der Waals surface area contributed by atoms with E-state index in [9.17, 15) is 5.02 Å². The molecule has 0 radical (unpaired) electrons. The highest BCUT2D eigenvalue weighted by Crippen LogP contribution is 2.26. The highest BCUT2D eigenvalue weighted by atomic mass is 16.5. The van der Waals surface area contributed by atoms with E-state index < -0.39 is 7.12 Å². The third-order valence-electron chi connectivity index (χ3n) is 2.81. The molecule has 0 saturated heterocycles. The van der Waals surface area contributed by atoms with Crippen molar-refractivity contribution in [1.29, 1.82) is 0 Å². The van der Waals surface area contributed by atoms with E-state index in [1.54, 1.807) is 6.07 Å². The van der Waals surface area contributed by atoms with E-state index in [0.717, 1.165) is 5.56 Å². The van der Waals surface area contributed by atoms with Crippen molar-refractivity contribution < 1.29 is 25.3 Å². The van der Waals surface area contributed by atoms with Gasteiger partial charge in [0.15, 0.2) is 0 Å². The minimum atomic E-state index is -0.943. The van der Waals surface area contributed by atoms with Gasteiger partial charge in [-0.1, -0.05) is 12.1 Å². The molecule has 6 heteroatoms. The van der Waals surface area contributed by atoms with Crippen LogP contribution in [0.15, 0.2) is 18.2 Å². The Labute approximate surface area is 100 Å². The number of fused-ring (bicyclic) bond motifs is 1. The zero-order valence-electron chi connectivity index (χ0n) is 9.63. The van der Waals surface area contributed by atoms with Crippen LogP contribution in [0.1, 0.15) is 18.1 Å². The molecule has 0 unspecified atom stereocenters. The second kappa shape index (κ2) is 5.51. The van der Waals surface area contributed by atoms with Crippen molar-refractivity contribution >= 4 is 12.6 Å². The molecule has 17 heavy (non-hydrogen) atoms. The van der Waals surface area contributed by atoms with Crippen molar-refractivity contribution in [2.45, 2.75) is 12.5 Å². The van der Waals surface area contributed by atoms with Crippen molar-refractivity contribution in [2.75, 3.05) is 19.8 Å². The molecule has 0 aliphatic carbocycles. The maximum Gasteiger partial charge on any atom is 0.496 e. The molecule has 1 aliphatic rings. The van der Waals surface area contributed by atoms with Gasteiger partial charge in [-0.05, 0) is 11.6 Å². The quantitative estimate of drug-likeness (QED) is 0.428. The highest BCUT2D eigenvalue weighted by molar-refractivity contribution is 6.62. The average molecular weight is 238 g/mol. The third-order valence-corrected chi connectivity index (χ3v) is 2.81. The first kappa shape index (κ1) is 12.4. The lowest BCUT2D eigenvalue weighted by Crippen LogP contribution is -2.53. The number of hydrogen-bond acceptors (Lipinski definition) is 4. The Hall–Kier alpha value is -1.08. The van der Waals surface area contributed by atoms with Crippen LogP contribution in [0.3, 0.4) is 0 Å². The predicted octanol–water partition coefficient (Wildman–Crippen LogP) is -1.55. The van der Waals surface area contributed by atoms with Gasteiger partial charge in [-0.15, -0.1) is 0 Å². The highest BCUT2D eigenvalue weighted by Gasteiger charge is 2.38. The summed E-state index contributed by atoms with van der Waals surface area (Å²) in [5.74, 6) is 0.624. The van der Waals surface area contributed by atoms with Gasteiger partial charge in [0, 0.05) is 18.5 Å². The van der Waals surface area contributed by atoms with Crippen molar-refractivity contribution in [1.82, 2.24) is 0 Å². The molecule has 2 rings (SSSR count). The Bertz CT molecular complexity index is 388. The summed E-state index contributed by atoms with van der Waals surface area (Å²) in [6.45, 7) is 1.09. The molecule has 0 aromatic heterocycles. The molecule has 0 amide bonds. The van der Waals surface area contributed by atoms with Crippen molar-refractivity contribution in [2.24, 2.45) is 0 Å². The fourth-order valence-corrected chi connectivity index (χ4v) is 2.00.